The minimum absolute atomic E-state index is 0.0546. The zero-order chi connectivity index (χ0) is 24.8. The maximum Gasteiger partial charge on any atom is 0.165 e. The van der Waals surface area contributed by atoms with Crippen LogP contribution < -0.4 is 4.74 Å². The molecule has 0 radical (unpaired) electrons. The average molecular weight is 483 g/mol. The first-order chi connectivity index (χ1) is 17.0. The van der Waals surface area contributed by atoms with Crippen LogP contribution >= 0.6 is 0 Å². The summed E-state index contributed by atoms with van der Waals surface area (Å²) in [5, 5.41) is 0. The van der Waals surface area contributed by atoms with Crippen molar-refractivity contribution < 1.29 is 17.9 Å². The summed E-state index contributed by atoms with van der Waals surface area (Å²) in [5.74, 6) is -0.135. The quantitative estimate of drug-likeness (QED) is 0.269. The summed E-state index contributed by atoms with van der Waals surface area (Å²) < 4.78 is 49.8. The molecule has 1 nitrogen and oxygen atoms in total. The summed E-state index contributed by atoms with van der Waals surface area (Å²) in [5.41, 5.74) is 1.90. The molecule has 0 atom stereocenters. The largest absolute Gasteiger partial charge is 0.490 e. The van der Waals surface area contributed by atoms with E-state index in [4.69, 9.17) is 4.74 Å². The zero-order valence-corrected chi connectivity index (χ0v) is 20.7. The molecule has 0 N–H and O–H groups in total. The molecule has 4 rings (SSSR count). The molecule has 0 saturated heterocycles. The third kappa shape index (κ3) is 6.39. The molecular formula is C31H37F3O. The molecule has 35 heavy (non-hydrogen) atoms. The molecular weight excluding hydrogens is 445 g/mol. The van der Waals surface area contributed by atoms with E-state index >= 15 is 8.78 Å². The highest BCUT2D eigenvalue weighted by atomic mass is 19.2. The normalized spacial score (nSPS) is 25.0. The molecule has 0 aromatic heterocycles. The van der Waals surface area contributed by atoms with E-state index in [1.165, 1.54) is 6.07 Å². The number of benzene rings is 2. The van der Waals surface area contributed by atoms with E-state index in [1.807, 2.05) is 24.3 Å². The highest BCUT2D eigenvalue weighted by molar-refractivity contribution is 5.51. The second-order valence-electron chi connectivity index (χ2n) is 10.4. The van der Waals surface area contributed by atoms with Crippen molar-refractivity contribution in [1.29, 1.82) is 0 Å². The lowest BCUT2D eigenvalue weighted by atomic mass is 9.76. The first kappa shape index (κ1) is 25.6. The zero-order valence-electron chi connectivity index (χ0n) is 20.7. The smallest absolute Gasteiger partial charge is 0.165 e. The maximum atomic E-state index is 15.1. The lowest BCUT2D eigenvalue weighted by molar-refractivity contribution is 0.308. The number of hydrogen-bond acceptors (Lipinski definition) is 1. The van der Waals surface area contributed by atoms with Crippen LogP contribution in [-0.4, -0.2) is 6.61 Å². The van der Waals surface area contributed by atoms with Crippen LogP contribution in [0.5, 0.6) is 5.75 Å². The van der Waals surface area contributed by atoms with Crippen LogP contribution in [-0.2, 0) is 0 Å². The molecule has 0 bridgehead atoms. The Hall–Kier alpha value is -2.49. The third-order valence-corrected chi connectivity index (χ3v) is 7.91. The molecule has 2 aromatic rings. The summed E-state index contributed by atoms with van der Waals surface area (Å²) in [6.45, 7) is 6.27. The Morgan fingerprint density at radius 3 is 2.03 bits per heavy atom. The van der Waals surface area contributed by atoms with Crippen LogP contribution in [0.25, 0.3) is 6.08 Å². The van der Waals surface area contributed by atoms with Crippen LogP contribution in [0.4, 0.5) is 13.2 Å². The molecule has 2 aliphatic carbocycles. The van der Waals surface area contributed by atoms with E-state index in [0.717, 1.165) is 56.9 Å². The van der Waals surface area contributed by atoms with Gasteiger partial charge in [-0.3, -0.25) is 0 Å². The molecule has 2 aliphatic rings. The molecule has 0 heterocycles. The Bertz CT molecular complexity index is 1030. The molecule has 188 valence electrons. The van der Waals surface area contributed by atoms with Gasteiger partial charge in [-0.2, -0.15) is 0 Å². The van der Waals surface area contributed by atoms with Crippen molar-refractivity contribution in [3.63, 3.8) is 0 Å². The van der Waals surface area contributed by atoms with Crippen LogP contribution in [0.1, 0.15) is 93.2 Å². The fourth-order valence-electron chi connectivity index (χ4n) is 5.64. The summed E-state index contributed by atoms with van der Waals surface area (Å²) in [6.07, 6.45) is 14.0. The van der Waals surface area contributed by atoms with Crippen LogP contribution in [0.2, 0.25) is 0 Å². The SMILES string of the molecule is C=CCCOc1ccc(/C=C/C2CCC(c3ccc(C4CCC(C)CC4)c(F)c3F)CC2)cc1F. The monoisotopic (exact) mass is 482 g/mol. The van der Waals surface area contributed by atoms with Gasteiger partial charge in [0.05, 0.1) is 6.61 Å². The number of rotatable bonds is 8. The van der Waals surface area contributed by atoms with E-state index in [2.05, 4.69) is 19.6 Å². The highest BCUT2D eigenvalue weighted by Gasteiger charge is 2.28. The average Bonchev–Trinajstić information content (AvgIpc) is 2.87. The first-order valence-corrected chi connectivity index (χ1v) is 13.2. The second kappa shape index (κ2) is 12.0. The van der Waals surface area contributed by atoms with Gasteiger partial charge in [-0.05, 0) is 97.4 Å². The van der Waals surface area contributed by atoms with Gasteiger partial charge < -0.3 is 4.74 Å². The van der Waals surface area contributed by atoms with E-state index in [1.54, 1.807) is 12.1 Å². The van der Waals surface area contributed by atoms with Crippen molar-refractivity contribution in [2.75, 3.05) is 6.61 Å². The van der Waals surface area contributed by atoms with Gasteiger partial charge in [0.1, 0.15) is 0 Å². The van der Waals surface area contributed by atoms with E-state index in [9.17, 15) is 4.39 Å². The fraction of sp³-hybridized carbons (Fsp3) is 0.484. The predicted octanol–water partition coefficient (Wildman–Crippen LogP) is 9.34. The topological polar surface area (TPSA) is 9.23 Å². The summed E-state index contributed by atoms with van der Waals surface area (Å²) >= 11 is 0. The molecule has 2 aromatic carbocycles. The molecule has 0 spiro atoms. The van der Waals surface area contributed by atoms with Crippen molar-refractivity contribution in [2.45, 2.75) is 76.5 Å². The van der Waals surface area contributed by atoms with Gasteiger partial charge in [-0.15, -0.1) is 6.58 Å². The minimum atomic E-state index is -0.633. The third-order valence-electron chi connectivity index (χ3n) is 7.91. The number of allylic oxidation sites excluding steroid dienone is 1. The Kier molecular flexibility index (Phi) is 8.75. The number of ether oxygens (including phenoxy) is 1. The van der Waals surface area contributed by atoms with E-state index in [-0.39, 0.29) is 23.4 Å². The van der Waals surface area contributed by atoms with Crippen molar-refractivity contribution in [3.8, 4) is 5.75 Å². The standard InChI is InChI=1S/C31H37F3O/c1-3-4-19-35-29-18-11-23(20-28(29)32)8-7-22-9-14-25(15-10-22)27-17-16-26(30(33)31(27)34)24-12-5-21(2)6-13-24/h3,7-8,11,16-18,20-22,24-25H,1,4-6,9-10,12-15,19H2,2H3/b8-7+. The number of hydrogen-bond donors (Lipinski definition) is 0. The molecule has 0 aliphatic heterocycles. The fourth-order valence-corrected chi connectivity index (χ4v) is 5.64. The van der Waals surface area contributed by atoms with Gasteiger partial charge in [-0.25, -0.2) is 13.2 Å². The lowest BCUT2D eigenvalue weighted by Gasteiger charge is -2.29. The highest BCUT2D eigenvalue weighted by Crippen LogP contribution is 2.41. The molecule has 0 unspecified atom stereocenters. The van der Waals surface area contributed by atoms with Crippen molar-refractivity contribution in [2.24, 2.45) is 11.8 Å². The van der Waals surface area contributed by atoms with Gasteiger partial charge in [0.2, 0.25) is 0 Å². The van der Waals surface area contributed by atoms with Gasteiger partial charge in [0.25, 0.3) is 0 Å². The van der Waals surface area contributed by atoms with Crippen molar-refractivity contribution in [1.82, 2.24) is 0 Å². The minimum Gasteiger partial charge on any atom is -0.490 e. The van der Waals surface area contributed by atoms with Crippen LogP contribution in [0.3, 0.4) is 0 Å². The van der Waals surface area contributed by atoms with E-state index < -0.39 is 11.6 Å². The van der Waals surface area contributed by atoms with Gasteiger partial charge in [-0.1, -0.05) is 56.2 Å². The molecule has 4 heteroatoms. The molecule has 0 amide bonds. The van der Waals surface area contributed by atoms with Crippen LogP contribution in [0.15, 0.2) is 49.1 Å². The Morgan fingerprint density at radius 1 is 0.857 bits per heavy atom. The Morgan fingerprint density at radius 2 is 1.46 bits per heavy atom. The summed E-state index contributed by atoms with van der Waals surface area (Å²) in [7, 11) is 0. The second-order valence-corrected chi connectivity index (χ2v) is 10.4. The first-order valence-electron chi connectivity index (χ1n) is 13.2. The summed E-state index contributed by atoms with van der Waals surface area (Å²) in [4.78, 5) is 0. The maximum absolute atomic E-state index is 15.1. The van der Waals surface area contributed by atoms with Crippen molar-refractivity contribution >= 4 is 6.08 Å². The number of halogens is 3. The summed E-state index contributed by atoms with van der Waals surface area (Å²) in [6, 6.07) is 8.68. The van der Waals surface area contributed by atoms with Crippen LogP contribution in [0, 0.1) is 29.3 Å². The lowest BCUT2D eigenvalue weighted by Crippen LogP contribution is -2.16. The Labute approximate surface area is 208 Å². The molecule has 2 saturated carbocycles. The van der Waals surface area contributed by atoms with Gasteiger partial charge in [0.15, 0.2) is 23.2 Å². The van der Waals surface area contributed by atoms with Gasteiger partial charge >= 0.3 is 0 Å². The van der Waals surface area contributed by atoms with E-state index in [0.29, 0.717) is 36.0 Å². The molecule has 2 fully saturated rings. The Balaban J connectivity index is 1.33. The predicted molar refractivity (Wildman–Crippen MR) is 137 cm³/mol. The van der Waals surface area contributed by atoms with Gasteiger partial charge in [0, 0.05) is 0 Å². The van der Waals surface area contributed by atoms with Crippen molar-refractivity contribution in [3.05, 3.63) is 83.2 Å².